The standard InChI is InChI=1S/C23H15N3O2/c1-28-19-9-6-17(7-10-19)23(27)18-8-11-20-21(12-18)25-14-26-22(20)16-4-2-15(13-24)3-5-16/h2-12,14H,1H3. The highest BCUT2D eigenvalue weighted by Gasteiger charge is 2.13. The Morgan fingerprint density at radius 3 is 2.32 bits per heavy atom. The number of nitrogens with zero attached hydrogens (tertiary/aromatic N) is 3. The third kappa shape index (κ3) is 3.19. The number of ether oxygens (including phenoxy) is 1. The average Bonchev–Trinajstić information content (AvgIpc) is 2.78. The van der Waals surface area contributed by atoms with Crippen molar-refractivity contribution in [3.63, 3.8) is 0 Å². The molecule has 5 nitrogen and oxygen atoms in total. The number of hydrogen-bond donors (Lipinski definition) is 0. The molecule has 0 aliphatic carbocycles. The van der Waals surface area contributed by atoms with Gasteiger partial charge in [-0.05, 0) is 48.5 Å². The zero-order valence-corrected chi connectivity index (χ0v) is 15.1. The molecule has 4 aromatic rings. The van der Waals surface area contributed by atoms with Gasteiger partial charge in [-0.3, -0.25) is 4.79 Å². The molecule has 1 heterocycles. The van der Waals surface area contributed by atoms with Crippen molar-refractivity contribution < 1.29 is 9.53 Å². The van der Waals surface area contributed by atoms with E-state index in [2.05, 4.69) is 16.0 Å². The van der Waals surface area contributed by atoms with Crippen LogP contribution in [0.15, 0.2) is 73.1 Å². The molecule has 0 spiro atoms. The van der Waals surface area contributed by atoms with E-state index in [0.29, 0.717) is 28.0 Å². The summed E-state index contributed by atoms with van der Waals surface area (Å²) in [5.41, 5.74) is 4.07. The van der Waals surface area contributed by atoms with Crippen molar-refractivity contribution in [2.45, 2.75) is 0 Å². The van der Waals surface area contributed by atoms with E-state index >= 15 is 0 Å². The summed E-state index contributed by atoms with van der Waals surface area (Å²) >= 11 is 0. The zero-order valence-electron chi connectivity index (χ0n) is 15.1. The SMILES string of the molecule is COc1ccc(C(=O)c2ccc3c(-c4ccc(C#N)cc4)ncnc3c2)cc1. The van der Waals surface area contributed by atoms with Crippen LogP contribution in [0.25, 0.3) is 22.2 Å². The van der Waals surface area contributed by atoms with Crippen molar-refractivity contribution in [3.05, 3.63) is 89.7 Å². The second-order valence-electron chi connectivity index (χ2n) is 6.20. The Kier molecular flexibility index (Phi) is 4.53. The molecule has 0 amide bonds. The molecule has 0 saturated carbocycles. The van der Waals surface area contributed by atoms with Gasteiger partial charge in [-0.2, -0.15) is 5.26 Å². The van der Waals surface area contributed by atoms with Crippen LogP contribution in [0, 0.1) is 11.3 Å². The molecule has 0 saturated heterocycles. The molecule has 134 valence electrons. The van der Waals surface area contributed by atoms with Crippen LogP contribution in [-0.2, 0) is 0 Å². The Bertz CT molecular complexity index is 1210. The first-order valence-electron chi connectivity index (χ1n) is 8.63. The number of carbonyl (C=O) groups excluding carboxylic acids is 1. The molecule has 0 fully saturated rings. The van der Waals surface area contributed by atoms with Crippen LogP contribution in [0.3, 0.4) is 0 Å². The minimum absolute atomic E-state index is 0.0805. The van der Waals surface area contributed by atoms with Crippen LogP contribution < -0.4 is 4.74 Å². The number of carbonyl (C=O) groups is 1. The number of ketones is 1. The summed E-state index contributed by atoms with van der Waals surface area (Å²) in [6.07, 6.45) is 1.48. The van der Waals surface area contributed by atoms with Crippen molar-refractivity contribution in [1.29, 1.82) is 5.26 Å². The maximum atomic E-state index is 12.8. The fourth-order valence-electron chi connectivity index (χ4n) is 3.04. The van der Waals surface area contributed by atoms with Gasteiger partial charge in [-0.25, -0.2) is 9.97 Å². The molecule has 0 aliphatic heterocycles. The van der Waals surface area contributed by atoms with E-state index in [0.717, 1.165) is 16.6 Å². The lowest BCUT2D eigenvalue weighted by Crippen LogP contribution is -2.02. The smallest absolute Gasteiger partial charge is 0.193 e. The third-order valence-corrected chi connectivity index (χ3v) is 4.54. The number of fused-ring (bicyclic) bond motifs is 1. The predicted molar refractivity (Wildman–Crippen MR) is 106 cm³/mol. The number of nitriles is 1. The largest absolute Gasteiger partial charge is 0.497 e. The Morgan fingerprint density at radius 2 is 1.64 bits per heavy atom. The van der Waals surface area contributed by atoms with Gasteiger partial charge in [0.25, 0.3) is 0 Å². The predicted octanol–water partition coefficient (Wildman–Crippen LogP) is 4.41. The maximum absolute atomic E-state index is 12.8. The van der Waals surface area contributed by atoms with Gasteiger partial charge >= 0.3 is 0 Å². The second kappa shape index (κ2) is 7.29. The van der Waals surface area contributed by atoms with Gasteiger partial charge in [0.1, 0.15) is 12.1 Å². The molecule has 0 radical (unpaired) electrons. The van der Waals surface area contributed by atoms with Gasteiger partial charge < -0.3 is 4.74 Å². The highest BCUT2D eigenvalue weighted by Crippen LogP contribution is 2.27. The van der Waals surface area contributed by atoms with Crippen LogP contribution in [0.4, 0.5) is 0 Å². The first kappa shape index (κ1) is 17.4. The average molecular weight is 365 g/mol. The van der Waals surface area contributed by atoms with Crippen LogP contribution in [0.2, 0.25) is 0 Å². The van der Waals surface area contributed by atoms with Gasteiger partial charge in [0.2, 0.25) is 0 Å². The molecular formula is C23H15N3O2. The molecule has 0 atom stereocenters. The number of methoxy groups -OCH3 is 1. The number of benzene rings is 3. The number of rotatable bonds is 4. The lowest BCUT2D eigenvalue weighted by Gasteiger charge is -2.08. The molecule has 4 rings (SSSR count). The third-order valence-electron chi connectivity index (χ3n) is 4.54. The van der Waals surface area contributed by atoms with E-state index in [1.807, 2.05) is 18.2 Å². The van der Waals surface area contributed by atoms with Crippen molar-refractivity contribution in [1.82, 2.24) is 9.97 Å². The molecular weight excluding hydrogens is 350 g/mol. The molecule has 0 bridgehead atoms. The van der Waals surface area contributed by atoms with Gasteiger partial charge in [0, 0.05) is 22.1 Å². The van der Waals surface area contributed by atoms with E-state index < -0.39 is 0 Å². The molecule has 5 heteroatoms. The lowest BCUT2D eigenvalue weighted by atomic mass is 9.99. The fourth-order valence-corrected chi connectivity index (χ4v) is 3.04. The van der Waals surface area contributed by atoms with E-state index in [-0.39, 0.29) is 5.78 Å². The van der Waals surface area contributed by atoms with Crippen LogP contribution in [-0.4, -0.2) is 22.9 Å². The Hall–Kier alpha value is -4.04. The molecule has 0 unspecified atom stereocenters. The highest BCUT2D eigenvalue weighted by atomic mass is 16.5. The number of aromatic nitrogens is 2. The molecule has 0 N–H and O–H groups in total. The van der Waals surface area contributed by atoms with Crippen LogP contribution in [0.5, 0.6) is 5.75 Å². The topological polar surface area (TPSA) is 75.9 Å². The quantitative estimate of drug-likeness (QED) is 0.501. The van der Waals surface area contributed by atoms with Gasteiger partial charge in [0.05, 0.1) is 30.0 Å². The summed E-state index contributed by atoms with van der Waals surface area (Å²) < 4.78 is 5.14. The minimum atomic E-state index is -0.0805. The molecule has 3 aromatic carbocycles. The van der Waals surface area contributed by atoms with Crippen molar-refractivity contribution in [2.24, 2.45) is 0 Å². The Labute approximate surface area is 161 Å². The molecule has 0 aliphatic rings. The zero-order chi connectivity index (χ0) is 19.5. The fraction of sp³-hybridized carbons (Fsp3) is 0.0435. The van der Waals surface area contributed by atoms with Crippen LogP contribution >= 0.6 is 0 Å². The first-order valence-corrected chi connectivity index (χ1v) is 8.63. The lowest BCUT2D eigenvalue weighted by molar-refractivity contribution is 0.103. The Morgan fingerprint density at radius 1 is 0.929 bits per heavy atom. The molecule has 28 heavy (non-hydrogen) atoms. The van der Waals surface area contributed by atoms with Crippen molar-refractivity contribution >= 4 is 16.7 Å². The summed E-state index contributed by atoms with van der Waals surface area (Å²) in [6.45, 7) is 0. The molecule has 1 aromatic heterocycles. The maximum Gasteiger partial charge on any atom is 0.193 e. The van der Waals surface area contributed by atoms with Crippen LogP contribution in [0.1, 0.15) is 21.5 Å². The normalized spacial score (nSPS) is 10.4. The van der Waals surface area contributed by atoms with Gasteiger partial charge in [-0.1, -0.05) is 18.2 Å². The van der Waals surface area contributed by atoms with Gasteiger partial charge in [-0.15, -0.1) is 0 Å². The Balaban J connectivity index is 1.73. The van der Waals surface area contributed by atoms with E-state index in [1.165, 1.54) is 6.33 Å². The first-order chi connectivity index (χ1) is 13.7. The monoisotopic (exact) mass is 365 g/mol. The van der Waals surface area contributed by atoms with Crippen molar-refractivity contribution in [3.8, 4) is 23.1 Å². The highest BCUT2D eigenvalue weighted by molar-refractivity contribution is 6.11. The summed E-state index contributed by atoms with van der Waals surface area (Å²) in [6, 6.07) is 21.8. The summed E-state index contributed by atoms with van der Waals surface area (Å²) in [7, 11) is 1.59. The van der Waals surface area contributed by atoms with Gasteiger partial charge in [0.15, 0.2) is 5.78 Å². The number of hydrogen-bond acceptors (Lipinski definition) is 5. The van der Waals surface area contributed by atoms with Crippen molar-refractivity contribution in [2.75, 3.05) is 7.11 Å². The second-order valence-corrected chi connectivity index (χ2v) is 6.20. The summed E-state index contributed by atoms with van der Waals surface area (Å²) in [4.78, 5) is 21.5. The summed E-state index contributed by atoms with van der Waals surface area (Å²) in [5, 5.41) is 9.81. The van der Waals surface area contributed by atoms with E-state index in [4.69, 9.17) is 10.00 Å². The minimum Gasteiger partial charge on any atom is -0.497 e. The van der Waals surface area contributed by atoms with E-state index in [9.17, 15) is 4.79 Å². The van der Waals surface area contributed by atoms with E-state index in [1.54, 1.807) is 55.6 Å². The summed E-state index contributed by atoms with van der Waals surface area (Å²) in [5.74, 6) is 0.623.